The van der Waals surface area contributed by atoms with Gasteiger partial charge in [-0.15, -0.1) is 11.3 Å². The Kier molecular flexibility index (Phi) is 4.90. The molecule has 0 aliphatic rings. The summed E-state index contributed by atoms with van der Waals surface area (Å²) in [6, 6.07) is 2.25. The fraction of sp³-hybridized carbons (Fsp3) is 0.500. The van der Waals surface area contributed by atoms with Gasteiger partial charge in [0.15, 0.2) is 0 Å². The largest absolute Gasteiger partial charge is 0.367 e. The highest BCUT2D eigenvalue weighted by atomic mass is 32.2. The second-order valence-electron chi connectivity index (χ2n) is 4.73. The maximum absolute atomic E-state index is 11.1. The minimum absolute atomic E-state index is 0.183. The molecule has 0 spiro atoms. The summed E-state index contributed by atoms with van der Waals surface area (Å²) in [5.74, 6) is 7.24. The molecule has 0 saturated heterocycles. The van der Waals surface area contributed by atoms with E-state index in [0.29, 0.717) is 11.7 Å². The summed E-state index contributed by atoms with van der Waals surface area (Å²) in [5, 5.41) is 4.35. The summed E-state index contributed by atoms with van der Waals surface area (Å²) in [6.45, 7) is 4.09. The molecule has 0 radical (unpaired) electrons. The highest BCUT2D eigenvalue weighted by Crippen LogP contribution is 2.29. The van der Waals surface area contributed by atoms with E-state index < -0.39 is 10.8 Å². The molecule has 8 heteroatoms. The molecule has 2 heterocycles. The number of nitrogens with one attached hydrogen (secondary N) is 2. The molecule has 0 aliphatic heterocycles. The van der Waals surface area contributed by atoms with E-state index in [1.165, 1.54) is 4.88 Å². The quantitative estimate of drug-likeness (QED) is 0.557. The number of thiophene rings is 1. The van der Waals surface area contributed by atoms with Crippen LogP contribution in [0.1, 0.15) is 18.2 Å². The van der Waals surface area contributed by atoms with Crippen LogP contribution in [0, 0.1) is 6.92 Å². The van der Waals surface area contributed by atoms with Crippen LogP contribution in [0.15, 0.2) is 6.07 Å². The van der Waals surface area contributed by atoms with Crippen molar-refractivity contribution in [1.29, 1.82) is 0 Å². The monoisotopic (exact) mass is 313 g/mol. The summed E-state index contributed by atoms with van der Waals surface area (Å²) in [7, 11) is -0.776. The first kappa shape index (κ1) is 15.1. The van der Waals surface area contributed by atoms with Gasteiger partial charge in [-0.1, -0.05) is 0 Å². The van der Waals surface area contributed by atoms with Crippen LogP contribution in [0.25, 0.3) is 10.2 Å². The summed E-state index contributed by atoms with van der Waals surface area (Å²) < 4.78 is 11.1. The Morgan fingerprint density at radius 2 is 2.25 bits per heavy atom. The molecule has 0 aliphatic carbocycles. The van der Waals surface area contributed by atoms with Crippen LogP contribution in [-0.2, 0) is 10.8 Å². The van der Waals surface area contributed by atoms with Gasteiger partial charge in [-0.25, -0.2) is 10.8 Å². The number of nitrogens with zero attached hydrogens (tertiary/aromatic N) is 2. The number of hydrogen-bond donors (Lipinski definition) is 3. The third-order valence-electron chi connectivity index (χ3n) is 2.87. The van der Waals surface area contributed by atoms with Gasteiger partial charge < -0.3 is 5.32 Å². The van der Waals surface area contributed by atoms with E-state index in [9.17, 15) is 4.21 Å². The van der Waals surface area contributed by atoms with Crippen molar-refractivity contribution in [3.8, 4) is 0 Å². The van der Waals surface area contributed by atoms with E-state index in [1.54, 1.807) is 17.6 Å². The van der Waals surface area contributed by atoms with Crippen LogP contribution in [0.5, 0.6) is 0 Å². The highest BCUT2D eigenvalue weighted by molar-refractivity contribution is 7.84. The van der Waals surface area contributed by atoms with Gasteiger partial charge >= 0.3 is 0 Å². The average Bonchev–Trinajstić information content (AvgIpc) is 2.76. The number of nitrogens with two attached hydrogens (primary N) is 1. The number of aromatic nitrogens is 2. The van der Waals surface area contributed by atoms with Crippen molar-refractivity contribution in [3.63, 3.8) is 0 Å². The minimum Gasteiger partial charge on any atom is -0.367 e. The van der Waals surface area contributed by atoms with Crippen LogP contribution in [0.2, 0.25) is 0 Å². The standard InChI is InChI=1S/C12H19N5OS2/c1-7(4-5-20(3)18)14-10-9-6-8(2)19-11(9)16-12(15-10)17-13/h6-7H,4-5,13H2,1-3H3,(H2,14,15,16,17). The molecule has 0 fully saturated rings. The van der Waals surface area contributed by atoms with E-state index >= 15 is 0 Å². The summed E-state index contributed by atoms with van der Waals surface area (Å²) in [6.07, 6.45) is 2.54. The average molecular weight is 313 g/mol. The Morgan fingerprint density at radius 3 is 2.90 bits per heavy atom. The predicted octanol–water partition coefficient (Wildman–Crippen LogP) is 1.85. The number of anilines is 2. The van der Waals surface area contributed by atoms with Crippen molar-refractivity contribution in [1.82, 2.24) is 9.97 Å². The molecule has 2 aromatic rings. The number of fused-ring (bicyclic) bond motifs is 1. The maximum Gasteiger partial charge on any atom is 0.240 e. The van der Waals surface area contributed by atoms with Crippen molar-refractivity contribution in [3.05, 3.63) is 10.9 Å². The normalized spacial score (nSPS) is 14.2. The summed E-state index contributed by atoms with van der Waals surface area (Å²) in [4.78, 5) is 10.8. The van der Waals surface area contributed by atoms with Gasteiger partial charge in [0, 0.05) is 33.7 Å². The molecule has 6 nitrogen and oxygen atoms in total. The van der Waals surface area contributed by atoms with E-state index in [2.05, 4.69) is 33.7 Å². The van der Waals surface area contributed by atoms with E-state index in [1.807, 2.05) is 6.92 Å². The Balaban J connectivity index is 2.25. The Hall–Kier alpha value is -1.25. The zero-order valence-corrected chi connectivity index (χ0v) is 13.4. The van der Waals surface area contributed by atoms with Crippen LogP contribution < -0.4 is 16.6 Å². The molecule has 0 aromatic carbocycles. The number of aryl methyl sites for hydroxylation is 1. The Bertz CT molecular complexity index is 628. The van der Waals surface area contributed by atoms with Crippen LogP contribution in [-0.4, -0.2) is 32.2 Å². The molecule has 0 saturated carbocycles. The molecule has 2 aromatic heterocycles. The molecular formula is C12H19N5OS2. The molecule has 2 unspecified atom stereocenters. The second-order valence-corrected chi connectivity index (χ2v) is 7.52. The van der Waals surface area contributed by atoms with E-state index in [-0.39, 0.29) is 6.04 Å². The minimum atomic E-state index is -0.776. The van der Waals surface area contributed by atoms with Crippen LogP contribution >= 0.6 is 11.3 Å². The zero-order chi connectivity index (χ0) is 14.7. The molecule has 110 valence electrons. The smallest absolute Gasteiger partial charge is 0.240 e. The second kappa shape index (κ2) is 6.47. The van der Waals surface area contributed by atoms with Crippen molar-refractivity contribution < 1.29 is 4.21 Å². The topological polar surface area (TPSA) is 92.9 Å². The molecular weight excluding hydrogens is 294 g/mol. The van der Waals surface area contributed by atoms with Crippen molar-refractivity contribution in [2.75, 3.05) is 22.8 Å². The maximum atomic E-state index is 11.1. The van der Waals surface area contributed by atoms with E-state index in [0.717, 1.165) is 22.5 Å². The number of hydrogen-bond acceptors (Lipinski definition) is 7. The zero-order valence-electron chi connectivity index (χ0n) is 11.8. The van der Waals surface area contributed by atoms with Gasteiger partial charge in [0.05, 0.1) is 5.39 Å². The predicted molar refractivity (Wildman–Crippen MR) is 86.6 cm³/mol. The lowest BCUT2D eigenvalue weighted by Crippen LogP contribution is -2.20. The van der Waals surface area contributed by atoms with Gasteiger partial charge in [-0.3, -0.25) is 9.63 Å². The van der Waals surface area contributed by atoms with Crippen LogP contribution in [0.3, 0.4) is 0 Å². The van der Waals surface area contributed by atoms with Crippen molar-refractivity contribution in [2.45, 2.75) is 26.3 Å². The third-order valence-corrected chi connectivity index (χ3v) is 4.62. The van der Waals surface area contributed by atoms with Crippen LogP contribution in [0.4, 0.5) is 11.8 Å². The van der Waals surface area contributed by atoms with Gasteiger partial charge in [0.2, 0.25) is 5.95 Å². The van der Waals surface area contributed by atoms with Gasteiger partial charge in [0.25, 0.3) is 0 Å². The molecule has 0 amide bonds. The number of nitrogen functional groups attached to an aromatic ring is 1. The lowest BCUT2D eigenvalue weighted by atomic mass is 10.2. The van der Waals surface area contributed by atoms with Gasteiger partial charge in [-0.05, 0) is 26.3 Å². The first-order valence-electron chi connectivity index (χ1n) is 6.31. The first-order chi connectivity index (χ1) is 9.49. The number of hydrazine groups is 1. The summed E-state index contributed by atoms with van der Waals surface area (Å²) in [5.41, 5.74) is 2.49. The van der Waals surface area contributed by atoms with E-state index in [4.69, 9.17) is 5.84 Å². The van der Waals surface area contributed by atoms with Gasteiger partial charge in [-0.2, -0.15) is 4.98 Å². The summed E-state index contributed by atoms with van der Waals surface area (Å²) >= 11 is 1.61. The molecule has 2 atom stereocenters. The lowest BCUT2D eigenvalue weighted by molar-refractivity contribution is 0.678. The van der Waals surface area contributed by atoms with Crippen molar-refractivity contribution in [2.24, 2.45) is 5.84 Å². The third kappa shape index (κ3) is 3.65. The Labute approximate surface area is 124 Å². The highest BCUT2D eigenvalue weighted by Gasteiger charge is 2.12. The number of rotatable bonds is 6. The fourth-order valence-electron chi connectivity index (χ4n) is 1.86. The Morgan fingerprint density at radius 1 is 1.50 bits per heavy atom. The molecule has 2 rings (SSSR count). The first-order valence-corrected chi connectivity index (χ1v) is 8.85. The SMILES string of the molecule is Cc1cc2c(NC(C)CCS(C)=O)nc(NN)nc2s1. The molecule has 4 N–H and O–H groups in total. The molecule has 0 bridgehead atoms. The fourth-order valence-corrected chi connectivity index (χ4v) is 3.43. The van der Waals surface area contributed by atoms with Crippen molar-refractivity contribution >= 4 is 44.1 Å². The van der Waals surface area contributed by atoms with Gasteiger partial charge in [0.1, 0.15) is 10.6 Å². The lowest BCUT2D eigenvalue weighted by Gasteiger charge is -2.15. The molecule has 20 heavy (non-hydrogen) atoms.